The number of halogens is 2. The maximum atomic E-state index is 4.93. The number of hydrogen-bond donors (Lipinski definition) is 0. The first-order chi connectivity index (χ1) is 13.5. The third kappa shape index (κ3) is 8.67. The maximum absolute atomic E-state index is 4.93. The molecule has 4 rings (SSSR count). The van der Waals surface area contributed by atoms with Crippen LogP contribution in [-0.4, -0.2) is 0 Å². The molecule has 3 unspecified atom stereocenters. The van der Waals surface area contributed by atoms with Crippen molar-refractivity contribution in [1.29, 1.82) is 0 Å². The zero-order chi connectivity index (χ0) is 20.5. The first kappa shape index (κ1) is 31.5. The summed E-state index contributed by atoms with van der Waals surface area (Å²) in [5.74, 6) is 3.02. The van der Waals surface area contributed by atoms with Crippen molar-refractivity contribution in [2.24, 2.45) is 28.6 Å². The Balaban J connectivity index is 0.000000648. The molecule has 178 valence electrons. The quantitative estimate of drug-likeness (QED) is 0.307. The molecular formula is C27H52Cl2Zr. The Morgan fingerprint density at radius 2 is 1.10 bits per heavy atom. The van der Waals surface area contributed by atoms with Crippen LogP contribution < -0.4 is 0 Å². The molecule has 0 N–H and O–H groups in total. The van der Waals surface area contributed by atoms with Crippen LogP contribution in [0.4, 0.5) is 0 Å². The first-order valence-electron chi connectivity index (χ1n) is 12.4. The summed E-state index contributed by atoms with van der Waals surface area (Å²) in [5.41, 5.74) is 1.37. The van der Waals surface area contributed by atoms with Gasteiger partial charge >= 0.3 is 37.9 Å². The van der Waals surface area contributed by atoms with E-state index >= 15 is 0 Å². The molecule has 0 saturated heterocycles. The molecule has 0 aromatic heterocycles. The predicted octanol–water partition coefficient (Wildman–Crippen LogP) is 10.8. The Morgan fingerprint density at radius 1 is 0.667 bits per heavy atom. The molecule has 0 radical (unpaired) electrons. The van der Waals surface area contributed by atoms with Crippen LogP contribution >= 0.6 is 17.0 Å². The fourth-order valence-electron chi connectivity index (χ4n) is 7.72. The summed E-state index contributed by atoms with van der Waals surface area (Å²) in [6.07, 6.45) is 25.8. The molecule has 0 nitrogen and oxygen atoms in total. The summed E-state index contributed by atoms with van der Waals surface area (Å²) in [5, 5.41) is 0. The van der Waals surface area contributed by atoms with E-state index in [4.69, 9.17) is 17.0 Å². The van der Waals surface area contributed by atoms with Gasteiger partial charge in [-0.2, -0.15) is 0 Å². The van der Waals surface area contributed by atoms with E-state index < -0.39 is 20.8 Å². The van der Waals surface area contributed by atoms with Gasteiger partial charge in [0.05, 0.1) is 0 Å². The van der Waals surface area contributed by atoms with Crippen LogP contribution in [0.1, 0.15) is 130 Å². The van der Waals surface area contributed by atoms with Crippen LogP contribution in [0.2, 0.25) is 0 Å². The molecule has 3 atom stereocenters. The average molecular weight is 539 g/mol. The molecule has 0 bridgehead atoms. The summed E-state index contributed by atoms with van der Waals surface area (Å²) in [6.45, 7) is 7.82. The number of hydrogen-bond acceptors (Lipinski definition) is 0. The molecule has 1 spiro atoms. The van der Waals surface area contributed by atoms with Gasteiger partial charge in [-0.1, -0.05) is 97.8 Å². The van der Waals surface area contributed by atoms with Gasteiger partial charge in [-0.3, -0.25) is 0 Å². The summed E-state index contributed by atoms with van der Waals surface area (Å²) in [7, 11) is 9.87. The van der Waals surface area contributed by atoms with Crippen molar-refractivity contribution >= 4 is 17.0 Å². The van der Waals surface area contributed by atoms with E-state index in [1.54, 1.807) is 19.3 Å². The molecule has 30 heavy (non-hydrogen) atoms. The monoisotopic (exact) mass is 536 g/mol. The van der Waals surface area contributed by atoms with E-state index in [0.29, 0.717) is 5.41 Å². The van der Waals surface area contributed by atoms with Crippen molar-refractivity contribution < 1.29 is 20.8 Å². The topological polar surface area (TPSA) is 0 Å². The Kier molecular flexibility index (Phi) is 16.9. The fourth-order valence-corrected chi connectivity index (χ4v) is 7.72. The molecule has 0 amide bonds. The van der Waals surface area contributed by atoms with E-state index in [2.05, 4.69) is 20.8 Å². The molecule has 4 fully saturated rings. The second-order valence-corrected chi connectivity index (χ2v) is 14.6. The van der Waals surface area contributed by atoms with Gasteiger partial charge in [0.25, 0.3) is 0 Å². The fraction of sp³-hybridized carbons (Fsp3) is 0.926. The molecule has 4 saturated carbocycles. The van der Waals surface area contributed by atoms with Crippen LogP contribution in [0.15, 0.2) is 0 Å². The summed E-state index contributed by atoms with van der Waals surface area (Å²) < 4.78 is 0. The van der Waals surface area contributed by atoms with Crippen LogP contribution in [0.5, 0.6) is 0 Å². The average Bonchev–Trinajstić information content (AvgIpc) is 3.32. The SMILES string of the molecule is C1CCCCC1.CC1CCCC1C(C)(C)C1CCCC12CCCCC2.[CH3-].[CH3-].[Cl][Zr+2][Cl]. The van der Waals surface area contributed by atoms with E-state index in [1.807, 2.05) is 0 Å². The Bertz CT molecular complexity index is 402. The van der Waals surface area contributed by atoms with Crippen molar-refractivity contribution in [3.8, 4) is 0 Å². The zero-order valence-electron chi connectivity index (χ0n) is 21.0. The third-order valence-electron chi connectivity index (χ3n) is 8.97. The molecule has 0 aliphatic heterocycles. The molecular weight excluding hydrogens is 486 g/mol. The van der Waals surface area contributed by atoms with Gasteiger partial charge in [-0.15, -0.1) is 0 Å². The van der Waals surface area contributed by atoms with E-state index in [-0.39, 0.29) is 14.9 Å². The summed E-state index contributed by atoms with van der Waals surface area (Å²) in [6, 6.07) is 0. The summed E-state index contributed by atoms with van der Waals surface area (Å²) >= 11 is -0.826. The molecule has 3 heteroatoms. The minimum atomic E-state index is -0.826. The van der Waals surface area contributed by atoms with E-state index in [0.717, 1.165) is 23.2 Å². The van der Waals surface area contributed by atoms with Gasteiger partial charge in [-0.25, -0.2) is 0 Å². The first-order valence-corrected chi connectivity index (χ1v) is 18.8. The van der Waals surface area contributed by atoms with Crippen molar-refractivity contribution in [3.05, 3.63) is 14.9 Å². The second kappa shape index (κ2) is 16.2. The normalized spacial score (nSPS) is 29.8. The van der Waals surface area contributed by atoms with Crippen LogP contribution in [0.3, 0.4) is 0 Å². The summed E-state index contributed by atoms with van der Waals surface area (Å²) in [4.78, 5) is 0. The second-order valence-electron chi connectivity index (χ2n) is 10.9. The predicted molar refractivity (Wildman–Crippen MR) is 135 cm³/mol. The van der Waals surface area contributed by atoms with Gasteiger partial charge in [0.15, 0.2) is 0 Å². The Labute approximate surface area is 210 Å². The van der Waals surface area contributed by atoms with Gasteiger partial charge < -0.3 is 14.9 Å². The Morgan fingerprint density at radius 3 is 1.53 bits per heavy atom. The number of rotatable bonds is 2. The Hall–Kier alpha value is 1.46. The van der Waals surface area contributed by atoms with Crippen LogP contribution in [-0.2, 0) is 20.8 Å². The molecule has 4 aliphatic rings. The van der Waals surface area contributed by atoms with Crippen molar-refractivity contribution in [3.63, 3.8) is 0 Å². The van der Waals surface area contributed by atoms with Crippen molar-refractivity contribution in [1.82, 2.24) is 0 Å². The van der Waals surface area contributed by atoms with Crippen molar-refractivity contribution in [2.45, 2.75) is 130 Å². The van der Waals surface area contributed by atoms with Crippen molar-refractivity contribution in [2.75, 3.05) is 0 Å². The van der Waals surface area contributed by atoms with E-state index in [1.165, 1.54) is 89.9 Å². The van der Waals surface area contributed by atoms with Crippen LogP contribution in [0.25, 0.3) is 0 Å². The standard InChI is InChI=1S/C19H34.C6H12.2CH3.2ClH.Zr/c1-15-9-7-10-16(15)18(2,3)17-11-8-14-19(17)12-5-4-6-13-19;1-2-4-6-5-3-1;;;;;/h15-17H,4-14H2,1-3H3;1-6H2;2*1H3;2*1H;/q;;2*-1;;;+4/p-2. The van der Waals surface area contributed by atoms with Gasteiger partial charge in [0.1, 0.15) is 0 Å². The molecule has 0 heterocycles. The van der Waals surface area contributed by atoms with Gasteiger partial charge in [0, 0.05) is 0 Å². The minimum absolute atomic E-state index is 0. The molecule has 0 aromatic carbocycles. The molecule has 4 aliphatic carbocycles. The zero-order valence-corrected chi connectivity index (χ0v) is 25.0. The molecule has 0 aromatic rings. The van der Waals surface area contributed by atoms with E-state index in [9.17, 15) is 0 Å². The third-order valence-corrected chi connectivity index (χ3v) is 8.97. The van der Waals surface area contributed by atoms with Gasteiger partial charge in [-0.05, 0) is 60.7 Å². The van der Waals surface area contributed by atoms with Crippen LogP contribution in [0, 0.1) is 43.4 Å². The van der Waals surface area contributed by atoms with Gasteiger partial charge in [0.2, 0.25) is 0 Å².